The maximum absolute atomic E-state index is 12.6. The molecule has 2 aromatic rings. The van der Waals surface area contributed by atoms with Gasteiger partial charge < -0.3 is 37.0 Å². The van der Waals surface area contributed by atoms with E-state index in [9.17, 15) is 47.0 Å². The second kappa shape index (κ2) is 17.3. The van der Waals surface area contributed by atoms with Crippen LogP contribution in [-0.2, 0) is 35.2 Å². The molecule has 0 fully saturated rings. The van der Waals surface area contributed by atoms with Gasteiger partial charge in [0.25, 0.3) is 0 Å². The van der Waals surface area contributed by atoms with Gasteiger partial charge in [-0.25, -0.2) is 9.59 Å². The van der Waals surface area contributed by atoms with E-state index in [0.29, 0.717) is 11.1 Å². The lowest BCUT2D eigenvalue weighted by Crippen LogP contribution is -2.54. The Morgan fingerprint density at radius 3 is 1.80 bits per heavy atom. The van der Waals surface area contributed by atoms with Crippen molar-refractivity contribution in [2.75, 3.05) is 6.54 Å². The highest BCUT2D eigenvalue weighted by molar-refractivity contribution is 6.08. The number of carbonyl (C=O) groups excluding carboxylic acids is 4. The van der Waals surface area contributed by atoms with E-state index >= 15 is 0 Å². The van der Waals surface area contributed by atoms with Gasteiger partial charge in [0.15, 0.2) is 5.78 Å². The lowest BCUT2D eigenvalue weighted by Gasteiger charge is -2.20. The molecule has 242 valence electrons. The number of carboxylic acids is 3. The Balaban J connectivity index is 0.00000129. The maximum atomic E-state index is 12.6. The summed E-state index contributed by atoms with van der Waals surface area (Å²) in [4.78, 5) is 81.0. The van der Waals surface area contributed by atoms with Crippen LogP contribution in [0.5, 0.6) is 0 Å². The van der Waals surface area contributed by atoms with Crippen molar-refractivity contribution in [2.24, 2.45) is 5.73 Å². The van der Waals surface area contributed by atoms with Gasteiger partial charge in [0.05, 0.1) is 19.4 Å². The average molecular weight is 640 g/mol. The summed E-state index contributed by atoms with van der Waals surface area (Å²) >= 11 is 0. The van der Waals surface area contributed by atoms with Crippen LogP contribution in [0, 0.1) is 5.41 Å². The van der Waals surface area contributed by atoms with E-state index in [2.05, 4.69) is 16.0 Å². The number of aliphatic carboxylic acids is 3. The number of benzene rings is 2. The normalized spacial score (nSPS) is 11.8. The topological polar surface area (TPSA) is 266 Å². The predicted octanol–water partition coefficient (Wildman–Crippen LogP) is 0.0646. The molecule has 2 aromatic carbocycles. The van der Waals surface area contributed by atoms with Crippen LogP contribution in [0.3, 0.4) is 0 Å². The van der Waals surface area contributed by atoms with Gasteiger partial charge in [-0.05, 0) is 5.56 Å². The number of alkyl halides is 3. The number of carboxylic acid groups (broad SMARTS) is 3. The van der Waals surface area contributed by atoms with E-state index < -0.39 is 79.1 Å². The van der Waals surface area contributed by atoms with Crippen molar-refractivity contribution in [3.8, 4) is 0 Å². The van der Waals surface area contributed by atoms with Gasteiger partial charge in [-0.1, -0.05) is 54.6 Å². The van der Waals surface area contributed by atoms with Gasteiger partial charge in [0.2, 0.25) is 17.7 Å². The zero-order valence-corrected chi connectivity index (χ0v) is 23.1. The Hall–Kier alpha value is -5.81. The van der Waals surface area contributed by atoms with Crippen molar-refractivity contribution in [1.82, 2.24) is 16.0 Å². The molecular formula is C27H28F3N5O10. The zero-order chi connectivity index (χ0) is 34.3. The Morgan fingerprint density at radius 2 is 1.33 bits per heavy atom. The number of amidine groups is 1. The molecule has 15 nitrogen and oxygen atoms in total. The molecule has 9 N–H and O–H groups in total. The Kier molecular flexibility index (Phi) is 14.3. The first kappa shape index (κ1) is 37.2. The van der Waals surface area contributed by atoms with Crippen molar-refractivity contribution in [1.29, 1.82) is 5.41 Å². The third kappa shape index (κ3) is 14.3. The van der Waals surface area contributed by atoms with Crippen LogP contribution >= 0.6 is 0 Å². The standard InChI is InChI=1S/C25H27N5O8.C2HF3O2/c26-23(27)16-8-6-15(7-9-16)19(31)12-20(32)28-13-21(33)29-17(11-22(34)35)24(36)30-18(25(37)38)10-14-4-2-1-3-5-14;3-2(4,5)1(6)7/h1-9,17-18H,10-13H2,(H3,26,27)(H,28,32)(H,29,33)(H,30,36)(H,34,35)(H,37,38);(H,6,7)/t17-,18-;/m0./s1. The van der Waals surface area contributed by atoms with Gasteiger partial charge in [-0.3, -0.25) is 29.4 Å². The van der Waals surface area contributed by atoms with Crippen LogP contribution in [-0.4, -0.2) is 87.4 Å². The van der Waals surface area contributed by atoms with E-state index in [1.165, 1.54) is 24.3 Å². The first-order valence-corrected chi connectivity index (χ1v) is 12.5. The summed E-state index contributed by atoms with van der Waals surface area (Å²) in [7, 11) is 0. The van der Waals surface area contributed by atoms with Crippen LogP contribution in [0.1, 0.15) is 34.3 Å². The molecule has 0 aliphatic heterocycles. The zero-order valence-electron chi connectivity index (χ0n) is 23.1. The largest absolute Gasteiger partial charge is 0.490 e. The minimum absolute atomic E-state index is 0.0722. The van der Waals surface area contributed by atoms with Gasteiger partial charge in [-0.2, -0.15) is 13.2 Å². The van der Waals surface area contributed by atoms with Crippen LogP contribution in [0.4, 0.5) is 13.2 Å². The van der Waals surface area contributed by atoms with Crippen LogP contribution in [0.15, 0.2) is 54.6 Å². The SMILES string of the molecule is N=C(N)c1ccc(C(=O)CC(=O)NCC(=O)N[C@@H](CC(=O)O)C(=O)N[C@@H](Cc2ccccc2)C(=O)O)cc1.O=C(O)C(F)(F)F. The Morgan fingerprint density at radius 1 is 0.800 bits per heavy atom. The molecule has 2 rings (SSSR count). The van der Waals surface area contributed by atoms with Crippen LogP contribution in [0.2, 0.25) is 0 Å². The van der Waals surface area contributed by atoms with E-state index in [0.717, 1.165) is 0 Å². The monoisotopic (exact) mass is 639 g/mol. The summed E-state index contributed by atoms with van der Waals surface area (Å²) < 4.78 is 31.7. The Bertz CT molecular complexity index is 1420. The quantitative estimate of drug-likeness (QED) is 0.0593. The maximum Gasteiger partial charge on any atom is 0.490 e. The minimum atomic E-state index is -5.08. The molecular weight excluding hydrogens is 611 g/mol. The molecule has 0 aromatic heterocycles. The molecule has 0 radical (unpaired) electrons. The average Bonchev–Trinajstić information content (AvgIpc) is 2.95. The molecule has 0 aliphatic carbocycles. The summed E-state index contributed by atoms with van der Waals surface area (Å²) in [6.07, 6.45) is -6.58. The van der Waals surface area contributed by atoms with E-state index in [1.54, 1.807) is 30.3 Å². The highest BCUT2D eigenvalue weighted by Gasteiger charge is 2.38. The minimum Gasteiger partial charge on any atom is -0.481 e. The molecule has 0 bridgehead atoms. The summed E-state index contributed by atoms with van der Waals surface area (Å²) in [6, 6.07) is 11.1. The number of ketones is 1. The molecule has 0 spiro atoms. The van der Waals surface area contributed by atoms with Crippen molar-refractivity contribution >= 4 is 47.2 Å². The number of hydrogen-bond donors (Lipinski definition) is 8. The molecule has 2 atom stereocenters. The number of nitrogens with two attached hydrogens (primary N) is 1. The summed E-state index contributed by atoms with van der Waals surface area (Å²) in [5.74, 6) is -9.02. The van der Waals surface area contributed by atoms with E-state index in [1.807, 2.05) is 0 Å². The third-order valence-corrected chi connectivity index (χ3v) is 5.46. The lowest BCUT2D eigenvalue weighted by molar-refractivity contribution is -0.192. The third-order valence-electron chi connectivity index (χ3n) is 5.46. The number of amides is 3. The van der Waals surface area contributed by atoms with Gasteiger partial charge >= 0.3 is 24.1 Å². The first-order chi connectivity index (χ1) is 20.9. The molecule has 0 unspecified atom stereocenters. The second-order valence-corrected chi connectivity index (χ2v) is 8.98. The molecule has 0 saturated carbocycles. The van der Waals surface area contributed by atoms with Crippen LogP contribution < -0.4 is 21.7 Å². The number of rotatable bonds is 14. The van der Waals surface area contributed by atoms with Crippen molar-refractivity contribution in [3.05, 3.63) is 71.3 Å². The number of nitrogens with one attached hydrogen (secondary N) is 4. The first-order valence-electron chi connectivity index (χ1n) is 12.5. The summed E-state index contributed by atoms with van der Waals surface area (Å²) in [5, 5.41) is 39.6. The smallest absolute Gasteiger partial charge is 0.481 e. The number of carbonyl (C=O) groups is 7. The van der Waals surface area contributed by atoms with Gasteiger partial charge in [-0.15, -0.1) is 0 Å². The number of nitrogen functional groups attached to an aromatic ring is 1. The molecule has 0 heterocycles. The second-order valence-electron chi connectivity index (χ2n) is 8.98. The number of halogens is 3. The molecule has 45 heavy (non-hydrogen) atoms. The summed E-state index contributed by atoms with van der Waals surface area (Å²) in [6.45, 7) is -0.662. The fourth-order valence-electron chi connectivity index (χ4n) is 3.28. The molecule has 0 aliphatic rings. The summed E-state index contributed by atoms with van der Waals surface area (Å²) in [5.41, 5.74) is 6.56. The highest BCUT2D eigenvalue weighted by atomic mass is 19.4. The van der Waals surface area contributed by atoms with Crippen LogP contribution in [0.25, 0.3) is 0 Å². The Labute approximate surface area is 252 Å². The van der Waals surface area contributed by atoms with Gasteiger partial charge in [0, 0.05) is 17.5 Å². The number of Topliss-reactive ketones (excluding diaryl/α,β-unsaturated/α-hetero) is 1. The van der Waals surface area contributed by atoms with E-state index in [4.69, 9.17) is 26.2 Å². The number of hydrogen-bond acceptors (Lipinski definition) is 8. The molecule has 18 heteroatoms. The predicted molar refractivity (Wildman–Crippen MR) is 147 cm³/mol. The fraction of sp³-hybridized carbons (Fsp3) is 0.259. The lowest BCUT2D eigenvalue weighted by atomic mass is 10.1. The molecule has 0 saturated heterocycles. The van der Waals surface area contributed by atoms with Gasteiger partial charge in [0.1, 0.15) is 17.9 Å². The van der Waals surface area contributed by atoms with E-state index in [-0.39, 0.29) is 17.8 Å². The van der Waals surface area contributed by atoms with Crippen molar-refractivity contribution < 1.29 is 62.1 Å². The van der Waals surface area contributed by atoms with Crippen molar-refractivity contribution in [2.45, 2.75) is 37.5 Å². The highest BCUT2D eigenvalue weighted by Crippen LogP contribution is 2.13. The fourth-order valence-corrected chi connectivity index (χ4v) is 3.28. The molecule has 3 amide bonds. The van der Waals surface area contributed by atoms with Crippen molar-refractivity contribution in [3.63, 3.8) is 0 Å².